The Morgan fingerprint density at radius 2 is 1.57 bits per heavy atom. The summed E-state index contributed by atoms with van der Waals surface area (Å²) in [6.45, 7) is 4.91. The molecule has 2 N–H and O–H groups in total. The van der Waals surface area contributed by atoms with E-state index in [0.717, 1.165) is 17.5 Å². The van der Waals surface area contributed by atoms with Gasteiger partial charge in [0.05, 0.1) is 11.8 Å². The molecular weight excluding hydrogens is 396 g/mol. The minimum absolute atomic E-state index is 0.0390. The summed E-state index contributed by atoms with van der Waals surface area (Å²) < 4.78 is 5.35. The normalized spacial score (nSPS) is 12.9. The van der Waals surface area contributed by atoms with Gasteiger partial charge in [-0.25, -0.2) is 4.79 Å². The third-order valence-corrected chi connectivity index (χ3v) is 5.04. The van der Waals surface area contributed by atoms with E-state index in [4.69, 9.17) is 4.74 Å². The van der Waals surface area contributed by atoms with Crippen LogP contribution in [0.3, 0.4) is 0 Å². The molecule has 0 aliphatic rings. The third kappa shape index (κ3) is 9.01. The molecule has 6 heteroatoms. The number of ether oxygens (including phenoxy) is 1. The first-order valence-electron chi connectivity index (χ1n) is 10.4. The third-order valence-electron chi connectivity index (χ3n) is 4.73. The number of ketones is 1. The zero-order chi connectivity index (χ0) is 21.8. The van der Waals surface area contributed by atoms with Crippen molar-refractivity contribution < 1.29 is 14.3 Å². The van der Waals surface area contributed by atoms with Gasteiger partial charge in [0.2, 0.25) is 0 Å². The molecule has 0 aliphatic heterocycles. The van der Waals surface area contributed by atoms with Crippen molar-refractivity contribution in [3.8, 4) is 0 Å². The monoisotopic (exact) mass is 428 g/mol. The molecule has 0 bridgehead atoms. The van der Waals surface area contributed by atoms with E-state index < -0.39 is 6.09 Å². The number of carbonyl (C=O) groups excluding carboxylic acids is 2. The van der Waals surface area contributed by atoms with Crippen LogP contribution >= 0.6 is 12.6 Å². The van der Waals surface area contributed by atoms with Gasteiger partial charge in [-0.1, -0.05) is 74.5 Å². The first kappa shape index (κ1) is 24.0. The smallest absolute Gasteiger partial charge is 0.407 e. The van der Waals surface area contributed by atoms with Crippen molar-refractivity contribution in [2.75, 3.05) is 12.3 Å². The van der Waals surface area contributed by atoms with Crippen LogP contribution in [0, 0.1) is 5.92 Å². The molecule has 2 aromatic carbocycles. The number of Topliss-reactive ketones (excluding diaryl/α,β-unsaturated/α-hetero) is 1. The molecule has 0 saturated heterocycles. The zero-order valence-electron chi connectivity index (χ0n) is 17.7. The van der Waals surface area contributed by atoms with E-state index >= 15 is 0 Å². The number of thiol groups is 1. The minimum Gasteiger partial charge on any atom is -0.445 e. The van der Waals surface area contributed by atoms with E-state index in [1.807, 2.05) is 60.7 Å². The number of carbonyl (C=O) groups is 2. The SMILES string of the molecule is CC(C)CC(CNC(Cc1ccccc1)C(=O)CS)NC(=O)OCc1ccccc1. The molecule has 30 heavy (non-hydrogen) atoms. The Balaban J connectivity index is 1.92. The van der Waals surface area contributed by atoms with Gasteiger partial charge < -0.3 is 15.4 Å². The number of nitrogens with one attached hydrogen (secondary N) is 2. The Hall–Kier alpha value is -2.31. The molecule has 2 atom stereocenters. The van der Waals surface area contributed by atoms with E-state index in [9.17, 15) is 9.59 Å². The number of hydrogen-bond acceptors (Lipinski definition) is 5. The van der Waals surface area contributed by atoms with Gasteiger partial charge in [0.15, 0.2) is 5.78 Å². The molecule has 5 nitrogen and oxygen atoms in total. The van der Waals surface area contributed by atoms with Gasteiger partial charge in [-0.15, -0.1) is 0 Å². The molecule has 0 aliphatic carbocycles. The van der Waals surface area contributed by atoms with Crippen molar-refractivity contribution in [3.05, 3.63) is 71.8 Å². The predicted molar refractivity (Wildman–Crippen MR) is 124 cm³/mol. The van der Waals surface area contributed by atoms with E-state index in [1.54, 1.807) is 0 Å². The summed E-state index contributed by atoms with van der Waals surface area (Å²) in [6.07, 6.45) is 0.916. The molecular formula is C24H32N2O3S. The van der Waals surface area contributed by atoms with E-state index in [0.29, 0.717) is 18.9 Å². The predicted octanol–water partition coefficient (Wildman–Crippen LogP) is 4.03. The second-order valence-corrected chi connectivity index (χ2v) is 8.12. The van der Waals surface area contributed by atoms with Crippen molar-refractivity contribution in [1.82, 2.24) is 10.6 Å². The van der Waals surface area contributed by atoms with Crippen LogP contribution in [0.2, 0.25) is 0 Å². The molecule has 2 unspecified atom stereocenters. The average Bonchev–Trinajstić information content (AvgIpc) is 2.75. The van der Waals surface area contributed by atoms with Gasteiger partial charge in [-0.05, 0) is 29.9 Å². The second kappa shape index (κ2) is 13.1. The van der Waals surface area contributed by atoms with Crippen molar-refractivity contribution in [2.24, 2.45) is 5.92 Å². The molecule has 162 valence electrons. The fourth-order valence-electron chi connectivity index (χ4n) is 3.24. The fraction of sp³-hybridized carbons (Fsp3) is 0.417. The molecule has 0 radical (unpaired) electrons. The van der Waals surface area contributed by atoms with Gasteiger partial charge in [-0.3, -0.25) is 4.79 Å². The molecule has 1 amide bonds. The highest BCUT2D eigenvalue weighted by atomic mass is 32.1. The lowest BCUT2D eigenvalue weighted by atomic mass is 10.0. The highest BCUT2D eigenvalue weighted by Gasteiger charge is 2.21. The molecule has 0 fully saturated rings. The zero-order valence-corrected chi connectivity index (χ0v) is 18.6. The van der Waals surface area contributed by atoms with Gasteiger partial charge in [0, 0.05) is 12.6 Å². The summed E-state index contributed by atoms with van der Waals surface area (Å²) in [4.78, 5) is 24.7. The van der Waals surface area contributed by atoms with E-state index in [-0.39, 0.29) is 30.2 Å². The van der Waals surface area contributed by atoms with Crippen molar-refractivity contribution in [2.45, 2.75) is 45.4 Å². The molecule has 2 rings (SSSR count). The number of rotatable bonds is 12. The highest BCUT2D eigenvalue weighted by molar-refractivity contribution is 7.81. The molecule has 2 aromatic rings. The van der Waals surface area contributed by atoms with Crippen LogP contribution in [-0.2, 0) is 22.6 Å². The maximum Gasteiger partial charge on any atom is 0.407 e. The summed E-state index contributed by atoms with van der Waals surface area (Å²) in [5.74, 6) is 0.600. The van der Waals surface area contributed by atoms with Crippen LogP contribution in [0.1, 0.15) is 31.4 Å². The molecule has 0 saturated carbocycles. The van der Waals surface area contributed by atoms with Crippen LogP contribution in [0.15, 0.2) is 60.7 Å². The van der Waals surface area contributed by atoms with Crippen molar-refractivity contribution in [3.63, 3.8) is 0 Å². The lowest BCUT2D eigenvalue weighted by Crippen LogP contribution is -2.48. The largest absolute Gasteiger partial charge is 0.445 e. The Morgan fingerprint density at radius 3 is 2.13 bits per heavy atom. The number of hydrogen-bond donors (Lipinski definition) is 3. The van der Waals surface area contributed by atoms with Crippen LogP contribution in [0.4, 0.5) is 4.79 Å². The van der Waals surface area contributed by atoms with Crippen molar-refractivity contribution in [1.29, 1.82) is 0 Å². The standard InChI is InChI=1S/C24H32N2O3S/c1-18(2)13-21(26-24(28)29-16-20-11-7-4-8-12-20)15-25-22(23(27)17-30)14-19-9-5-3-6-10-19/h3-12,18,21-22,25,30H,13-17H2,1-2H3,(H,26,28). The lowest BCUT2D eigenvalue weighted by Gasteiger charge is -2.24. The maximum absolute atomic E-state index is 12.4. The van der Waals surface area contributed by atoms with Crippen LogP contribution in [0.25, 0.3) is 0 Å². The first-order chi connectivity index (χ1) is 14.5. The maximum atomic E-state index is 12.4. The lowest BCUT2D eigenvalue weighted by molar-refractivity contribution is -0.118. The van der Waals surface area contributed by atoms with E-state index in [2.05, 4.69) is 37.1 Å². The molecule has 0 aromatic heterocycles. The van der Waals surface area contributed by atoms with Crippen molar-refractivity contribution >= 4 is 24.5 Å². The molecule has 0 heterocycles. The Morgan fingerprint density at radius 1 is 0.967 bits per heavy atom. The van der Waals surface area contributed by atoms with Gasteiger partial charge in [-0.2, -0.15) is 12.6 Å². The minimum atomic E-state index is -0.452. The Bertz CT molecular complexity index is 769. The summed E-state index contributed by atoms with van der Waals surface area (Å²) >= 11 is 4.16. The molecule has 0 spiro atoms. The quantitative estimate of drug-likeness (QED) is 0.447. The van der Waals surface area contributed by atoms with Crippen LogP contribution in [-0.4, -0.2) is 36.3 Å². The first-order valence-corrected chi connectivity index (χ1v) is 11.0. The summed E-state index contributed by atoms with van der Waals surface area (Å²) in [7, 11) is 0. The fourth-order valence-corrected chi connectivity index (χ4v) is 3.46. The van der Waals surface area contributed by atoms with E-state index in [1.165, 1.54) is 0 Å². The Kier molecular flexibility index (Phi) is 10.5. The topological polar surface area (TPSA) is 67.4 Å². The second-order valence-electron chi connectivity index (χ2n) is 7.81. The summed E-state index contributed by atoms with van der Waals surface area (Å²) in [6, 6.07) is 19.0. The summed E-state index contributed by atoms with van der Waals surface area (Å²) in [5.41, 5.74) is 2.02. The summed E-state index contributed by atoms with van der Waals surface area (Å²) in [5, 5.41) is 6.28. The van der Waals surface area contributed by atoms with Gasteiger partial charge in [0.1, 0.15) is 6.61 Å². The van der Waals surface area contributed by atoms with Crippen LogP contribution in [0.5, 0.6) is 0 Å². The average molecular weight is 429 g/mol. The van der Waals surface area contributed by atoms with Gasteiger partial charge in [0.25, 0.3) is 0 Å². The Labute approximate surface area is 185 Å². The van der Waals surface area contributed by atoms with Gasteiger partial charge >= 0.3 is 6.09 Å². The van der Waals surface area contributed by atoms with Crippen LogP contribution < -0.4 is 10.6 Å². The number of alkyl carbamates (subject to hydrolysis) is 1. The number of amides is 1. The highest BCUT2D eigenvalue weighted by Crippen LogP contribution is 2.08. The number of benzene rings is 2.